The van der Waals surface area contributed by atoms with E-state index in [1.165, 1.54) is 38.5 Å². The lowest BCUT2D eigenvalue weighted by Gasteiger charge is -2.05. The standard InChI is InChI=1S/C4H8.C4H10.C2H6/c1-2-4-3-1;1-3-4-2;1-2/h1-4H2;3-4H2,1-2H3;1-2H3. The van der Waals surface area contributed by atoms with E-state index in [9.17, 15) is 0 Å². The molecule has 0 bridgehead atoms. The molecule has 0 saturated heterocycles. The van der Waals surface area contributed by atoms with Gasteiger partial charge in [0.05, 0.1) is 0 Å². The van der Waals surface area contributed by atoms with Crippen molar-refractivity contribution >= 4 is 0 Å². The van der Waals surface area contributed by atoms with Crippen LogP contribution in [0.3, 0.4) is 0 Å². The summed E-state index contributed by atoms with van der Waals surface area (Å²) in [7, 11) is 0. The minimum absolute atomic E-state index is 1.32. The van der Waals surface area contributed by atoms with Crippen molar-refractivity contribution in [2.45, 2.75) is 66.2 Å². The summed E-state index contributed by atoms with van der Waals surface area (Å²) in [6.07, 6.45) is 8.64. The molecule has 0 unspecified atom stereocenters. The van der Waals surface area contributed by atoms with Crippen LogP contribution >= 0.6 is 0 Å². The van der Waals surface area contributed by atoms with Gasteiger partial charge in [-0.3, -0.25) is 0 Å². The Hall–Kier alpha value is 0. The summed E-state index contributed by atoms with van der Waals surface area (Å²) in [5, 5.41) is 0. The molecule has 0 spiro atoms. The fraction of sp³-hybridized carbons (Fsp3) is 1.00. The van der Waals surface area contributed by atoms with E-state index in [0.29, 0.717) is 0 Å². The quantitative estimate of drug-likeness (QED) is 0.512. The van der Waals surface area contributed by atoms with Crippen LogP contribution in [0.4, 0.5) is 0 Å². The van der Waals surface area contributed by atoms with Crippen LogP contribution in [0.1, 0.15) is 66.2 Å². The lowest BCUT2D eigenvalue weighted by Crippen LogP contribution is -1.85. The summed E-state index contributed by atoms with van der Waals surface area (Å²) in [4.78, 5) is 0. The molecule has 0 aromatic heterocycles. The normalized spacial score (nSPS) is 13.2. The summed E-state index contributed by atoms with van der Waals surface area (Å²) in [6, 6.07) is 0. The highest BCUT2D eigenvalue weighted by molar-refractivity contribution is 4.50. The number of unbranched alkanes of at least 4 members (excludes halogenated alkanes) is 1. The van der Waals surface area contributed by atoms with E-state index >= 15 is 0 Å². The van der Waals surface area contributed by atoms with Crippen LogP contribution in [0.25, 0.3) is 0 Å². The van der Waals surface area contributed by atoms with Gasteiger partial charge in [-0.1, -0.05) is 66.2 Å². The third-order valence-electron chi connectivity index (χ3n) is 1.50. The Kier molecular flexibility index (Phi) is 20.2. The molecule has 1 aliphatic carbocycles. The molecule has 0 aromatic rings. The van der Waals surface area contributed by atoms with Crippen molar-refractivity contribution in [1.82, 2.24) is 0 Å². The van der Waals surface area contributed by atoms with Crippen LogP contribution in [-0.4, -0.2) is 0 Å². The molecule has 0 heteroatoms. The van der Waals surface area contributed by atoms with E-state index in [1.807, 2.05) is 13.8 Å². The van der Waals surface area contributed by atoms with E-state index in [4.69, 9.17) is 0 Å². The van der Waals surface area contributed by atoms with Gasteiger partial charge in [0, 0.05) is 0 Å². The zero-order valence-electron chi connectivity index (χ0n) is 8.24. The van der Waals surface area contributed by atoms with Gasteiger partial charge in [-0.15, -0.1) is 0 Å². The first-order valence-electron chi connectivity index (χ1n) is 4.91. The average molecular weight is 144 g/mol. The molecule has 0 aromatic carbocycles. The highest BCUT2D eigenvalue weighted by atomic mass is 14.0. The van der Waals surface area contributed by atoms with Gasteiger partial charge in [0.1, 0.15) is 0 Å². The van der Waals surface area contributed by atoms with Crippen molar-refractivity contribution in [3.8, 4) is 0 Å². The van der Waals surface area contributed by atoms with Gasteiger partial charge in [-0.2, -0.15) is 0 Å². The average Bonchev–Trinajstić information content (AvgIpc) is 1.89. The van der Waals surface area contributed by atoms with Crippen molar-refractivity contribution in [3.05, 3.63) is 0 Å². The zero-order valence-corrected chi connectivity index (χ0v) is 8.24. The first-order valence-corrected chi connectivity index (χ1v) is 4.91. The van der Waals surface area contributed by atoms with E-state index in [2.05, 4.69) is 13.8 Å². The first kappa shape index (κ1) is 12.7. The second-order valence-corrected chi connectivity index (χ2v) is 2.41. The summed E-state index contributed by atoms with van der Waals surface area (Å²) < 4.78 is 0. The molecule has 1 aliphatic rings. The molecular formula is C10H24. The minimum atomic E-state index is 1.32. The topological polar surface area (TPSA) is 0 Å². The second-order valence-electron chi connectivity index (χ2n) is 2.41. The van der Waals surface area contributed by atoms with Crippen LogP contribution in [0.2, 0.25) is 0 Å². The number of rotatable bonds is 1. The van der Waals surface area contributed by atoms with Crippen LogP contribution in [-0.2, 0) is 0 Å². The molecule has 0 N–H and O–H groups in total. The van der Waals surface area contributed by atoms with Crippen molar-refractivity contribution in [1.29, 1.82) is 0 Å². The zero-order chi connectivity index (χ0) is 8.24. The van der Waals surface area contributed by atoms with Crippen LogP contribution in [0.5, 0.6) is 0 Å². The molecule has 64 valence electrons. The Balaban J connectivity index is 0. The van der Waals surface area contributed by atoms with E-state index in [-0.39, 0.29) is 0 Å². The van der Waals surface area contributed by atoms with Gasteiger partial charge in [0.25, 0.3) is 0 Å². The summed E-state index contributed by atoms with van der Waals surface area (Å²) in [5.74, 6) is 0. The first-order chi connectivity index (χ1) is 4.91. The summed E-state index contributed by atoms with van der Waals surface area (Å²) >= 11 is 0. The van der Waals surface area contributed by atoms with E-state index in [1.54, 1.807) is 0 Å². The van der Waals surface area contributed by atoms with Crippen molar-refractivity contribution in [2.24, 2.45) is 0 Å². The maximum Gasteiger partial charge on any atom is -0.0533 e. The number of hydrogen-bond acceptors (Lipinski definition) is 0. The van der Waals surface area contributed by atoms with Gasteiger partial charge in [-0.05, 0) is 0 Å². The maximum absolute atomic E-state index is 2.18. The van der Waals surface area contributed by atoms with Gasteiger partial charge in [0.15, 0.2) is 0 Å². The van der Waals surface area contributed by atoms with Crippen LogP contribution in [0, 0.1) is 0 Å². The molecule has 0 amide bonds. The number of hydrogen-bond donors (Lipinski definition) is 0. The molecule has 10 heavy (non-hydrogen) atoms. The van der Waals surface area contributed by atoms with Crippen molar-refractivity contribution in [2.75, 3.05) is 0 Å². The molecule has 0 radical (unpaired) electrons. The smallest absolute Gasteiger partial charge is 0.0533 e. The van der Waals surface area contributed by atoms with Gasteiger partial charge < -0.3 is 0 Å². The highest BCUT2D eigenvalue weighted by Gasteiger charge is 1.95. The SMILES string of the molecule is C1CCC1.CC.CCCC. The van der Waals surface area contributed by atoms with Crippen molar-refractivity contribution in [3.63, 3.8) is 0 Å². The van der Waals surface area contributed by atoms with E-state index < -0.39 is 0 Å². The van der Waals surface area contributed by atoms with Crippen LogP contribution < -0.4 is 0 Å². The molecule has 0 atom stereocenters. The molecule has 0 heterocycles. The maximum atomic E-state index is 2.18. The van der Waals surface area contributed by atoms with Crippen LogP contribution in [0.15, 0.2) is 0 Å². The van der Waals surface area contributed by atoms with Gasteiger partial charge >= 0.3 is 0 Å². The Bertz CT molecular complexity index is 21.0. The van der Waals surface area contributed by atoms with Gasteiger partial charge in [-0.25, -0.2) is 0 Å². The predicted molar refractivity (Wildman–Crippen MR) is 50.4 cm³/mol. The Morgan fingerprint density at radius 1 is 0.700 bits per heavy atom. The lowest BCUT2D eigenvalue weighted by atomic mass is 10.0. The molecular weight excluding hydrogens is 120 g/mol. The molecule has 1 saturated carbocycles. The fourth-order valence-corrected chi connectivity index (χ4v) is 0.250. The lowest BCUT2D eigenvalue weighted by molar-refractivity contribution is 0.504. The third kappa shape index (κ3) is 15.7. The minimum Gasteiger partial charge on any atom is -0.0683 e. The Morgan fingerprint density at radius 2 is 0.900 bits per heavy atom. The predicted octanol–water partition coefficient (Wildman–Crippen LogP) is 4.39. The third-order valence-corrected chi connectivity index (χ3v) is 1.50. The van der Waals surface area contributed by atoms with E-state index in [0.717, 1.165) is 0 Å². The molecule has 1 fully saturated rings. The summed E-state index contributed by atoms with van der Waals surface area (Å²) in [5.41, 5.74) is 0. The monoisotopic (exact) mass is 144 g/mol. The fourth-order valence-electron chi connectivity index (χ4n) is 0.250. The molecule has 0 aliphatic heterocycles. The Morgan fingerprint density at radius 3 is 0.900 bits per heavy atom. The highest BCUT2D eigenvalue weighted by Crippen LogP contribution is 2.15. The summed E-state index contributed by atoms with van der Waals surface area (Å²) in [6.45, 7) is 8.36. The van der Waals surface area contributed by atoms with Crippen molar-refractivity contribution < 1.29 is 0 Å². The molecule has 1 rings (SSSR count). The van der Waals surface area contributed by atoms with Gasteiger partial charge in [0.2, 0.25) is 0 Å². The molecule has 0 nitrogen and oxygen atoms in total. The Labute approximate surface area is 67.0 Å². The largest absolute Gasteiger partial charge is 0.0683 e. The second kappa shape index (κ2) is 16.0.